The van der Waals surface area contributed by atoms with Gasteiger partial charge in [-0.05, 0) is 30.6 Å². The van der Waals surface area contributed by atoms with E-state index in [4.69, 9.17) is 4.74 Å². The predicted molar refractivity (Wildman–Crippen MR) is 71.0 cm³/mol. The Morgan fingerprint density at radius 3 is 2.76 bits per heavy atom. The molecule has 2 heteroatoms. The highest BCUT2D eigenvalue weighted by molar-refractivity contribution is 5.79. The summed E-state index contributed by atoms with van der Waals surface area (Å²) < 4.78 is 5.60. The van der Waals surface area contributed by atoms with E-state index >= 15 is 0 Å². The minimum absolute atomic E-state index is 0.267. The maximum atomic E-state index is 11.5. The second-order valence-corrected chi connectivity index (χ2v) is 5.81. The topological polar surface area (TPSA) is 26.3 Å². The maximum Gasteiger partial charge on any atom is 0.158 e. The molecule has 0 heterocycles. The fourth-order valence-electron chi connectivity index (χ4n) is 2.65. The van der Waals surface area contributed by atoms with Crippen LogP contribution in [-0.2, 0) is 9.53 Å². The van der Waals surface area contributed by atoms with Crippen molar-refractivity contribution < 1.29 is 9.53 Å². The quantitative estimate of drug-likeness (QED) is 0.676. The zero-order valence-electron chi connectivity index (χ0n) is 11.7. The first-order valence-corrected chi connectivity index (χ1v) is 7.22. The van der Waals surface area contributed by atoms with Gasteiger partial charge in [0, 0.05) is 6.42 Å². The Labute approximate surface area is 106 Å². The minimum atomic E-state index is 0.267. The number of carbonyl (C=O) groups excluding carboxylic acids is 1. The van der Waals surface area contributed by atoms with E-state index in [0.29, 0.717) is 18.9 Å². The van der Waals surface area contributed by atoms with E-state index in [1.165, 1.54) is 19.3 Å². The molecule has 0 aromatic carbocycles. The first-order chi connectivity index (χ1) is 8.13. The smallest absolute Gasteiger partial charge is 0.158 e. The molecule has 0 saturated heterocycles. The van der Waals surface area contributed by atoms with E-state index in [2.05, 4.69) is 20.8 Å². The largest absolute Gasteiger partial charge is 0.373 e. The minimum Gasteiger partial charge on any atom is -0.373 e. The lowest BCUT2D eigenvalue weighted by atomic mass is 9.76. The normalized spacial score (nSPS) is 29.2. The van der Waals surface area contributed by atoms with Crippen molar-refractivity contribution >= 4 is 5.78 Å². The first kappa shape index (κ1) is 14.7. The number of Topliss-reactive ketones (excluding diaryl/α,β-unsaturated/α-hetero) is 1. The molecule has 0 bridgehead atoms. The summed E-state index contributed by atoms with van der Waals surface area (Å²) in [6.45, 7) is 7.87. The third-order valence-corrected chi connectivity index (χ3v) is 4.03. The molecule has 0 spiro atoms. The molecule has 2 nitrogen and oxygen atoms in total. The molecule has 1 saturated carbocycles. The zero-order chi connectivity index (χ0) is 12.7. The van der Waals surface area contributed by atoms with Crippen molar-refractivity contribution in [2.75, 3.05) is 13.2 Å². The number of ketones is 1. The van der Waals surface area contributed by atoms with Crippen LogP contribution < -0.4 is 0 Å². The van der Waals surface area contributed by atoms with Gasteiger partial charge in [-0.15, -0.1) is 0 Å². The summed E-state index contributed by atoms with van der Waals surface area (Å²) in [5, 5.41) is 0. The second-order valence-electron chi connectivity index (χ2n) is 5.81. The molecule has 1 aliphatic rings. The standard InChI is InChI=1S/C15H28O2/c1-4-5-6-15(16)11-17-10-14-9-12(2)7-8-13(14)3/h12-14H,4-11H2,1-3H3. The summed E-state index contributed by atoms with van der Waals surface area (Å²) in [5.41, 5.74) is 0. The Balaban J connectivity index is 2.14. The van der Waals surface area contributed by atoms with E-state index in [0.717, 1.165) is 31.3 Å². The lowest BCUT2D eigenvalue weighted by Gasteiger charge is -2.32. The van der Waals surface area contributed by atoms with Crippen LogP contribution in [0.1, 0.15) is 59.3 Å². The Bertz CT molecular complexity index is 225. The SMILES string of the molecule is CCCCC(=O)COCC1CC(C)CCC1C. The molecular weight excluding hydrogens is 212 g/mol. The molecule has 0 amide bonds. The van der Waals surface area contributed by atoms with Crippen LogP contribution in [0.15, 0.2) is 0 Å². The number of hydrogen-bond donors (Lipinski definition) is 0. The van der Waals surface area contributed by atoms with Crippen LogP contribution in [0.5, 0.6) is 0 Å². The van der Waals surface area contributed by atoms with Crippen molar-refractivity contribution in [3.05, 3.63) is 0 Å². The number of ether oxygens (including phenoxy) is 1. The summed E-state index contributed by atoms with van der Waals surface area (Å²) in [4.78, 5) is 11.5. The lowest BCUT2D eigenvalue weighted by molar-refractivity contribution is -0.124. The first-order valence-electron chi connectivity index (χ1n) is 7.22. The molecule has 3 atom stereocenters. The van der Waals surface area contributed by atoms with Gasteiger partial charge in [-0.3, -0.25) is 4.79 Å². The van der Waals surface area contributed by atoms with Gasteiger partial charge in [0.2, 0.25) is 0 Å². The molecule has 1 aliphatic carbocycles. The van der Waals surface area contributed by atoms with Gasteiger partial charge in [0.1, 0.15) is 6.61 Å². The van der Waals surface area contributed by atoms with E-state index in [-0.39, 0.29) is 5.78 Å². The number of carbonyl (C=O) groups is 1. The molecule has 0 aliphatic heterocycles. The molecular formula is C15H28O2. The molecule has 1 fully saturated rings. The Kier molecular flexibility index (Phi) is 6.79. The fraction of sp³-hybridized carbons (Fsp3) is 0.933. The van der Waals surface area contributed by atoms with E-state index in [1.807, 2.05) is 0 Å². The summed E-state index contributed by atoms with van der Waals surface area (Å²) in [6, 6.07) is 0. The molecule has 0 N–H and O–H groups in total. The average Bonchev–Trinajstić information content (AvgIpc) is 2.31. The van der Waals surface area contributed by atoms with Crippen molar-refractivity contribution in [2.45, 2.75) is 59.3 Å². The van der Waals surface area contributed by atoms with Crippen LogP contribution in [-0.4, -0.2) is 19.0 Å². The fourth-order valence-corrected chi connectivity index (χ4v) is 2.65. The van der Waals surface area contributed by atoms with E-state index < -0.39 is 0 Å². The molecule has 1 rings (SSSR count). The molecule has 17 heavy (non-hydrogen) atoms. The number of rotatable bonds is 7. The van der Waals surface area contributed by atoms with Gasteiger partial charge in [0.15, 0.2) is 5.78 Å². The van der Waals surface area contributed by atoms with E-state index in [1.54, 1.807) is 0 Å². The second kappa shape index (κ2) is 7.86. The van der Waals surface area contributed by atoms with Crippen LogP contribution >= 0.6 is 0 Å². The Morgan fingerprint density at radius 2 is 2.06 bits per heavy atom. The van der Waals surface area contributed by atoms with E-state index in [9.17, 15) is 4.79 Å². The Morgan fingerprint density at radius 1 is 1.29 bits per heavy atom. The van der Waals surface area contributed by atoms with Crippen molar-refractivity contribution in [1.29, 1.82) is 0 Å². The van der Waals surface area contributed by atoms with Crippen LogP contribution in [0.2, 0.25) is 0 Å². The van der Waals surface area contributed by atoms with Gasteiger partial charge in [-0.2, -0.15) is 0 Å². The van der Waals surface area contributed by atoms with Crippen molar-refractivity contribution in [1.82, 2.24) is 0 Å². The van der Waals surface area contributed by atoms with Crippen molar-refractivity contribution in [3.8, 4) is 0 Å². The van der Waals surface area contributed by atoms with Crippen molar-refractivity contribution in [2.24, 2.45) is 17.8 Å². The lowest BCUT2D eigenvalue weighted by Crippen LogP contribution is -2.26. The Hall–Kier alpha value is -0.370. The molecule has 0 aromatic rings. The number of hydrogen-bond acceptors (Lipinski definition) is 2. The highest BCUT2D eigenvalue weighted by atomic mass is 16.5. The molecule has 0 radical (unpaired) electrons. The average molecular weight is 240 g/mol. The van der Waals surface area contributed by atoms with Crippen LogP contribution in [0.25, 0.3) is 0 Å². The molecule has 100 valence electrons. The zero-order valence-corrected chi connectivity index (χ0v) is 11.7. The van der Waals surface area contributed by atoms with Gasteiger partial charge < -0.3 is 4.74 Å². The van der Waals surface area contributed by atoms with Gasteiger partial charge in [-0.1, -0.05) is 40.0 Å². The maximum absolute atomic E-state index is 11.5. The van der Waals surface area contributed by atoms with Gasteiger partial charge in [0.05, 0.1) is 6.61 Å². The van der Waals surface area contributed by atoms with Gasteiger partial charge in [-0.25, -0.2) is 0 Å². The molecule has 0 aromatic heterocycles. The van der Waals surface area contributed by atoms with Gasteiger partial charge in [0.25, 0.3) is 0 Å². The van der Waals surface area contributed by atoms with Crippen molar-refractivity contribution in [3.63, 3.8) is 0 Å². The highest BCUT2D eigenvalue weighted by Gasteiger charge is 2.25. The van der Waals surface area contributed by atoms with Crippen LogP contribution in [0.4, 0.5) is 0 Å². The third kappa shape index (κ3) is 5.67. The van der Waals surface area contributed by atoms with Crippen LogP contribution in [0.3, 0.4) is 0 Å². The summed E-state index contributed by atoms with van der Waals surface area (Å²) in [5.74, 6) is 2.52. The predicted octanol–water partition coefficient (Wildman–Crippen LogP) is 3.83. The summed E-state index contributed by atoms with van der Waals surface area (Å²) >= 11 is 0. The summed E-state index contributed by atoms with van der Waals surface area (Å²) in [7, 11) is 0. The third-order valence-electron chi connectivity index (χ3n) is 4.03. The molecule has 3 unspecified atom stereocenters. The highest BCUT2D eigenvalue weighted by Crippen LogP contribution is 2.33. The number of unbranched alkanes of at least 4 members (excludes halogenated alkanes) is 1. The monoisotopic (exact) mass is 240 g/mol. The summed E-state index contributed by atoms with van der Waals surface area (Å²) in [6.07, 6.45) is 6.71. The van der Waals surface area contributed by atoms with Gasteiger partial charge >= 0.3 is 0 Å². The van der Waals surface area contributed by atoms with Crippen LogP contribution in [0, 0.1) is 17.8 Å².